The zero-order valence-electron chi connectivity index (χ0n) is 7.61. The first-order valence-corrected chi connectivity index (χ1v) is 4.62. The summed E-state index contributed by atoms with van der Waals surface area (Å²) in [5.74, 6) is 0. The molecule has 70 valence electrons. The van der Waals surface area contributed by atoms with Crippen LogP contribution in [0.3, 0.4) is 0 Å². The molecular formula is C9H14N4. The third-order valence-corrected chi connectivity index (χ3v) is 2.23. The van der Waals surface area contributed by atoms with Gasteiger partial charge in [0.2, 0.25) is 0 Å². The van der Waals surface area contributed by atoms with E-state index in [0.29, 0.717) is 0 Å². The summed E-state index contributed by atoms with van der Waals surface area (Å²) in [6.45, 7) is 5.40. The van der Waals surface area contributed by atoms with Gasteiger partial charge in [-0.05, 0) is 0 Å². The van der Waals surface area contributed by atoms with Crippen LogP contribution in [0.1, 0.15) is 5.56 Å². The summed E-state index contributed by atoms with van der Waals surface area (Å²) >= 11 is 0. The number of hydrogen-bond acceptors (Lipinski definition) is 4. The second-order valence-electron chi connectivity index (χ2n) is 3.27. The summed E-state index contributed by atoms with van der Waals surface area (Å²) in [5, 5.41) is 3.33. The number of nitrogens with zero attached hydrogens (tertiary/aromatic N) is 3. The second-order valence-corrected chi connectivity index (χ2v) is 3.27. The molecule has 1 aromatic heterocycles. The summed E-state index contributed by atoms with van der Waals surface area (Å²) in [7, 11) is 0. The molecule has 13 heavy (non-hydrogen) atoms. The van der Waals surface area contributed by atoms with Gasteiger partial charge in [0.1, 0.15) is 6.33 Å². The topological polar surface area (TPSA) is 41.1 Å². The Morgan fingerprint density at radius 3 is 2.62 bits per heavy atom. The van der Waals surface area contributed by atoms with Crippen molar-refractivity contribution in [2.45, 2.75) is 6.54 Å². The molecule has 1 aromatic rings. The predicted molar refractivity (Wildman–Crippen MR) is 50.2 cm³/mol. The highest BCUT2D eigenvalue weighted by Gasteiger charge is 2.09. The van der Waals surface area contributed by atoms with Gasteiger partial charge in [-0.3, -0.25) is 4.90 Å². The minimum Gasteiger partial charge on any atom is -0.314 e. The Bertz CT molecular complexity index is 243. The Hall–Kier alpha value is -1.00. The van der Waals surface area contributed by atoms with Gasteiger partial charge in [0.05, 0.1) is 0 Å². The monoisotopic (exact) mass is 178 g/mol. The van der Waals surface area contributed by atoms with Crippen molar-refractivity contribution >= 4 is 0 Å². The van der Waals surface area contributed by atoms with Gasteiger partial charge in [-0.1, -0.05) is 0 Å². The molecule has 1 saturated heterocycles. The van der Waals surface area contributed by atoms with Crippen molar-refractivity contribution in [1.82, 2.24) is 20.2 Å². The molecule has 1 N–H and O–H groups in total. The van der Waals surface area contributed by atoms with E-state index in [1.54, 1.807) is 6.33 Å². The maximum Gasteiger partial charge on any atom is 0.115 e. The number of hydrogen-bond donors (Lipinski definition) is 1. The molecule has 2 heterocycles. The smallest absolute Gasteiger partial charge is 0.115 e. The van der Waals surface area contributed by atoms with Crippen LogP contribution in [0.2, 0.25) is 0 Å². The quantitative estimate of drug-likeness (QED) is 0.685. The number of piperazine rings is 1. The van der Waals surface area contributed by atoms with E-state index in [2.05, 4.69) is 20.2 Å². The highest BCUT2D eigenvalue weighted by Crippen LogP contribution is 2.01. The molecule has 1 aliphatic rings. The van der Waals surface area contributed by atoms with E-state index >= 15 is 0 Å². The standard InChI is InChI=1S/C9H14N4/c1-3-13(4-2-10-1)7-9-5-11-8-12-6-9/h5-6,8,10H,1-4,7H2. The van der Waals surface area contributed by atoms with Crippen LogP contribution in [0.5, 0.6) is 0 Å². The highest BCUT2D eigenvalue weighted by molar-refractivity contribution is 5.02. The van der Waals surface area contributed by atoms with Crippen LogP contribution >= 0.6 is 0 Å². The highest BCUT2D eigenvalue weighted by atomic mass is 15.2. The summed E-state index contributed by atoms with van der Waals surface area (Å²) in [5.41, 5.74) is 1.20. The molecule has 1 aliphatic heterocycles. The lowest BCUT2D eigenvalue weighted by atomic mass is 10.3. The molecule has 0 radical (unpaired) electrons. The molecule has 1 fully saturated rings. The van der Waals surface area contributed by atoms with Crippen LogP contribution in [0.25, 0.3) is 0 Å². The minimum atomic E-state index is 0.975. The van der Waals surface area contributed by atoms with Crippen LogP contribution < -0.4 is 5.32 Å². The summed E-state index contributed by atoms with van der Waals surface area (Å²) < 4.78 is 0. The molecule has 0 amide bonds. The maximum absolute atomic E-state index is 4.00. The Morgan fingerprint density at radius 2 is 1.92 bits per heavy atom. The van der Waals surface area contributed by atoms with Gasteiger partial charge in [0, 0.05) is 50.7 Å². The van der Waals surface area contributed by atoms with Gasteiger partial charge in [0.25, 0.3) is 0 Å². The minimum absolute atomic E-state index is 0.975. The Balaban J connectivity index is 1.90. The SMILES string of the molecule is c1ncc(CN2CCNCC2)cn1. The third-order valence-electron chi connectivity index (χ3n) is 2.23. The fourth-order valence-electron chi connectivity index (χ4n) is 1.54. The molecule has 4 heteroatoms. The van der Waals surface area contributed by atoms with Crippen molar-refractivity contribution in [3.8, 4) is 0 Å². The molecule has 0 bridgehead atoms. The maximum atomic E-state index is 4.00. The molecule has 4 nitrogen and oxygen atoms in total. The van der Waals surface area contributed by atoms with Gasteiger partial charge < -0.3 is 5.32 Å². The molecule has 0 saturated carbocycles. The zero-order chi connectivity index (χ0) is 8.93. The molecule has 0 unspecified atom stereocenters. The fourth-order valence-corrected chi connectivity index (χ4v) is 1.54. The number of aromatic nitrogens is 2. The van der Waals surface area contributed by atoms with E-state index in [-0.39, 0.29) is 0 Å². The first-order valence-electron chi connectivity index (χ1n) is 4.62. The van der Waals surface area contributed by atoms with E-state index < -0.39 is 0 Å². The first kappa shape index (κ1) is 8.59. The van der Waals surface area contributed by atoms with Gasteiger partial charge in [-0.2, -0.15) is 0 Å². The van der Waals surface area contributed by atoms with Crippen LogP contribution in [-0.2, 0) is 6.54 Å². The average Bonchev–Trinajstić information content (AvgIpc) is 2.21. The number of rotatable bonds is 2. The van der Waals surface area contributed by atoms with Gasteiger partial charge in [-0.25, -0.2) is 9.97 Å². The first-order chi connectivity index (χ1) is 6.45. The lowest BCUT2D eigenvalue weighted by Gasteiger charge is -2.26. The van der Waals surface area contributed by atoms with E-state index in [1.807, 2.05) is 12.4 Å². The Kier molecular flexibility index (Phi) is 2.84. The molecule has 0 spiro atoms. The average molecular weight is 178 g/mol. The van der Waals surface area contributed by atoms with Crippen molar-refractivity contribution < 1.29 is 0 Å². The van der Waals surface area contributed by atoms with Crippen molar-refractivity contribution in [2.75, 3.05) is 26.2 Å². The molecular weight excluding hydrogens is 164 g/mol. The summed E-state index contributed by atoms with van der Waals surface area (Å²) in [6, 6.07) is 0. The fraction of sp³-hybridized carbons (Fsp3) is 0.556. The zero-order valence-corrected chi connectivity index (χ0v) is 7.61. The molecule has 0 atom stereocenters. The van der Waals surface area contributed by atoms with Crippen LogP contribution in [0.15, 0.2) is 18.7 Å². The van der Waals surface area contributed by atoms with Gasteiger partial charge in [-0.15, -0.1) is 0 Å². The van der Waals surface area contributed by atoms with Crippen molar-refractivity contribution in [3.63, 3.8) is 0 Å². The van der Waals surface area contributed by atoms with E-state index in [0.717, 1.165) is 32.7 Å². The molecule has 0 aliphatic carbocycles. The van der Waals surface area contributed by atoms with Crippen molar-refractivity contribution in [3.05, 3.63) is 24.3 Å². The van der Waals surface area contributed by atoms with Gasteiger partial charge >= 0.3 is 0 Å². The van der Waals surface area contributed by atoms with Crippen molar-refractivity contribution in [1.29, 1.82) is 0 Å². The van der Waals surface area contributed by atoms with E-state index in [1.165, 1.54) is 5.56 Å². The normalized spacial score (nSPS) is 18.8. The predicted octanol–water partition coefficient (Wildman–Crippen LogP) is -0.118. The van der Waals surface area contributed by atoms with Crippen molar-refractivity contribution in [2.24, 2.45) is 0 Å². The summed E-state index contributed by atoms with van der Waals surface area (Å²) in [6.07, 6.45) is 5.34. The van der Waals surface area contributed by atoms with Crippen LogP contribution in [0, 0.1) is 0 Å². The Labute approximate surface area is 78.0 Å². The Morgan fingerprint density at radius 1 is 1.23 bits per heavy atom. The largest absolute Gasteiger partial charge is 0.314 e. The second kappa shape index (κ2) is 4.30. The lowest BCUT2D eigenvalue weighted by molar-refractivity contribution is 0.233. The van der Waals surface area contributed by atoms with E-state index in [9.17, 15) is 0 Å². The van der Waals surface area contributed by atoms with Crippen LogP contribution in [-0.4, -0.2) is 41.0 Å². The molecule has 0 aromatic carbocycles. The lowest BCUT2D eigenvalue weighted by Crippen LogP contribution is -2.42. The van der Waals surface area contributed by atoms with Crippen LogP contribution in [0.4, 0.5) is 0 Å². The van der Waals surface area contributed by atoms with Gasteiger partial charge in [0.15, 0.2) is 0 Å². The van der Waals surface area contributed by atoms with E-state index in [4.69, 9.17) is 0 Å². The molecule has 2 rings (SSSR count). The number of nitrogens with one attached hydrogen (secondary N) is 1. The summed E-state index contributed by atoms with van der Waals surface area (Å²) in [4.78, 5) is 10.4. The third kappa shape index (κ3) is 2.47.